The number of urea groups is 1. The molecule has 0 spiro atoms. The fourth-order valence-corrected chi connectivity index (χ4v) is 5.89. The Morgan fingerprint density at radius 3 is 2.60 bits per heavy atom. The van der Waals surface area contributed by atoms with Gasteiger partial charge >= 0.3 is 6.03 Å². The Morgan fingerprint density at radius 1 is 1.15 bits per heavy atom. The molecule has 2 aromatic heterocycles. The number of nitrogens with one attached hydrogen (secondary N) is 2. The summed E-state index contributed by atoms with van der Waals surface area (Å²) in [7, 11) is 2.11. The Kier molecular flexibility index (Phi) is 7.73. The number of amides is 2. The summed E-state index contributed by atoms with van der Waals surface area (Å²) in [6, 6.07) is 7.85. The second-order valence-corrected chi connectivity index (χ2v) is 12.5. The summed E-state index contributed by atoms with van der Waals surface area (Å²) in [5, 5.41) is 5.88. The molecule has 4 N–H and O–H groups in total. The number of ether oxygens (including phenoxy) is 2. The zero-order valence-electron chi connectivity index (χ0n) is 24.3. The summed E-state index contributed by atoms with van der Waals surface area (Å²) >= 11 is 0. The molecule has 4 atom stereocenters. The van der Waals surface area contributed by atoms with Crippen LogP contribution in [0.5, 0.6) is 0 Å². The highest BCUT2D eigenvalue weighted by atomic mass is 16.8. The van der Waals surface area contributed by atoms with Crippen molar-refractivity contribution in [1.29, 1.82) is 0 Å². The van der Waals surface area contributed by atoms with E-state index in [0.717, 1.165) is 31.6 Å². The lowest BCUT2D eigenvalue weighted by molar-refractivity contribution is -0.160. The third-order valence-electron chi connectivity index (χ3n) is 7.85. The van der Waals surface area contributed by atoms with Crippen molar-refractivity contribution in [2.75, 3.05) is 37.7 Å². The Balaban J connectivity index is 1.12. The number of carbonyl (C=O) groups excluding carboxylic acids is 1. The lowest BCUT2D eigenvalue weighted by Crippen LogP contribution is -2.36. The van der Waals surface area contributed by atoms with Gasteiger partial charge in [-0.15, -0.1) is 0 Å². The summed E-state index contributed by atoms with van der Waals surface area (Å²) in [5.74, 6) is -0.00971. The molecular weight excluding hydrogens is 508 g/mol. The monoisotopic (exact) mass is 550 g/mol. The normalized spacial score (nSPS) is 24.0. The molecule has 1 saturated heterocycles. The van der Waals surface area contributed by atoms with Crippen LogP contribution in [0.1, 0.15) is 59.1 Å². The molecule has 1 aromatic carbocycles. The van der Waals surface area contributed by atoms with Crippen molar-refractivity contribution < 1.29 is 14.3 Å². The first-order valence-electron chi connectivity index (χ1n) is 14.0. The van der Waals surface area contributed by atoms with Crippen LogP contribution in [0.4, 0.5) is 16.3 Å². The van der Waals surface area contributed by atoms with Crippen LogP contribution in [-0.2, 0) is 14.9 Å². The molecule has 11 heteroatoms. The van der Waals surface area contributed by atoms with E-state index in [1.165, 1.54) is 11.9 Å². The van der Waals surface area contributed by atoms with Crippen molar-refractivity contribution in [1.82, 2.24) is 29.7 Å². The number of nitrogens with two attached hydrogens (primary N) is 1. The highest BCUT2D eigenvalue weighted by Gasteiger charge is 2.54. The summed E-state index contributed by atoms with van der Waals surface area (Å²) < 4.78 is 14.8. The lowest BCUT2D eigenvalue weighted by atomic mass is 9.87. The van der Waals surface area contributed by atoms with Crippen molar-refractivity contribution >= 4 is 28.7 Å². The Labute approximate surface area is 235 Å². The second-order valence-electron chi connectivity index (χ2n) is 12.5. The molecule has 40 heavy (non-hydrogen) atoms. The largest absolute Gasteiger partial charge is 0.382 e. The molecule has 0 bridgehead atoms. The van der Waals surface area contributed by atoms with E-state index < -0.39 is 5.79 Å². The standard InChI is InChI=1S/C29H42N8O3/c1-28(2,3)19-8-10-20(11-9-19)35-27(38)31-12-7-13-36(6)15-18-14-21(24-23(18)39-29(4,5)40-24)37-17-34-22-25(30)32-16-33-26(22)37/h8-11,16-18,21,23-24H,7,12-15H2,1-6H3,(H2,30,32,33)(H2,31,35,38). The van der Waals surface area contributed by atoms with Gasteiger partial charge < -0.3 is 35.3 Å². The number of imidazole rings is 1. The van der Waals surface area contributed by atoms with Crippen LogP contribution in [0.25, 0.3) is 11.2 Å². The smallest absolute Gasteiger partial charge is 0.319 e. The van der Waals surface area contributed by atoms with Gasteiger partial charge in [0.1, 0.15) is 17.9 Å². The minimum Gasteiger partial charge on any atom is -0.382 e. The predicted octanol–water partition coefficient (Wildman–Crippen LogP) is 3.93. The number of nitrogen functional groups attached to an aromatic ring is 1. The van der Waals surface area contributed by atoms with Crippen LogP contribution in [0, 0.1) is 5.92 Å². The maximum absolute atomic E-state index is 12.4. The first-order chi connectivity index (χ1) is 18.9. The molecule has 4 unspecified atom stereocenters. The van der Waals surface area contributed by atoms with Crippen LogP contribution >= 0.6 is 0 Å². The molecule has 5 rings (SSSR count). The summed E-state index contributed by atoms with van der Waals surface area (Å²) in [6.45, 7) is 12.7. The van der Waals surface area contributed by atoms with Crippen molar-refractivity contribution in [2.45, 2.75) is 76.9 Å². The minimum absolute atomic E-state index is 0.0345. The van der Waals surface area contributed by atoms with E-state index in [9.17, 15) is 4.79 Å². The average molecular weight is 551 g/mol. The van der Waals surface area contributed by atoms with Gasteiger partial charge in [0, 0.05) is 24.7 Å². The van der Waals surface area contributed by atoms with E-state index in [1.807, 2.05) is 26.0 Å². The number of anilines is 2. The van der Waals surface area contributed by atoms with Gasteiger partial charge in [0.15, 0.2) is 17.3 Å². The third-order valence-corrected chi connectivity index (χ3v) is 7.85. The maximum Gasteiger partial charge on any atom is 0.319 e. The summed E-state index contributed by atoms with van der Waals surface area (Å²) in [6.07, 6.45) is 4.83. The molecule has 0 radical (unpaired) electrons. The fourth-order valence-electron chi connectivity index (χ4n) is 5.89. The zero-order valence-corrected chi connectivity index (χ0v) is 24.3. The van der Waals surface area contributed by atoms with Crippen molar-refractivity contribution in [3.63, 3.8) is 0 Å². The van der Waals surface area contributed by atoms with Crippen molar-refractivity contribution in [2.24, 2.45) is 5.92 Å². The molecule has 2 fully saturated rings. The minimum atomic E-state index is -0.653. The number of benzene rings is 1. The van der Waals surface area contributed by atoms with Gasteiger partial charge in [-0.3, -0.25) is 0 Å². The quantitative estimate of drug-likeness (QED) is 0.360. The molecule has 1 saturated carbocycles. The van der Waals surface area contributed by atoms with Gasteiger partial charge in [-0.2, -0.15) is 0 Å². The zero-order chi connectivity index (χ0) is 28.7. The van der Waals surface area contributed by atoms with Gasteiger partial charge in [0.2, 0.25) is 0 Å². The Morgan fingerprint density at radius 2 is 1.88 bits per heavy atom. The number of aromatic nitrogens is 4. The van der Waals surface area contributed by atoms with Crippen LogP contribution < -0.4 is 16.4 Å². The summed E-state index contributed by atoms with van der Waals surface area (Å²) in [5.41, 5.74) is 9.45. The van der Waals surface area contributed by atoms with Gasteiger partial charge in [-0.25, -0.2) is 19.7 Å². The number of carbonyl (C=O) groups is 1. The number of fused-ring (bicyclic) bond motifs is 2. The van der Waals surface area contributed by atoms with Crippen LogP contribution in [0.3, 0.4) is 0 Å². The molecule has 1 aliphatic heterocycles. The van der Waals surface area contributed by atoms with E-state index in [1.54, 1.807) is 6.33 Å². The third kappa shape index (κ3) is 6.06. The molecule has 3 heterocycles. The highest BCUT2D eigenvalue weighted by molar-refractivity contribution is 5.89. The lowest BCUT2D eigenvalue weighted by Gasteiger charge is -2.26. The van der Waals surface area contributed by atoms with E-state index in [0.29, 0.717) is 23.5 Å². The predicted molar refractivity (Wildman–Crippen MR) is 155 cm³/mol. The second kappa shape index (κ2) is 10.9. The number of hydrogen-bond donors (Lipinski definition) is 3. The Hall–Kier alpha value is -3.28. The highest BCUT2D eigenvalue weighted by Crippen LogP contribution is 2.47. The topological polar surface area (TPSA) is 132 Å². The first-order valence-corrected chi connectivity index (χ1v) is 14.0. The molecule has 216 valence electrons. The van der Waals surface area contributed by atoms with Crippen LogP contribution in [0.2, 0.25) is 0 Å². The van der Waals surface area contributed by atoms with E-state index in [4.69, 9.17) is 15.2 Å². The summed E-state index contributed by atoms with van der Waals surface area (Å²) in [4.78, 5) is 27.7. The van der Waals surface area contributed by atoms with Crippen LogP contribution in [0.15, 0.2) is 36.9 Å². The van der Waals surface area contributed by atoms with E-state index in [-0.39, 0.29) is 35.6 Å². The van der Waals surface area contributed by atoms with Crippen molar-refractivity contribution in [3.05, 3.63) is 42.5 Å². The van der Waals surface area contributed by atoms with E-state index in [2.05, 4.69) is 75.0 Å². The SMILES string of the molecule is CN(CCCNC(=O)Nc1ccc(C(C)(C)C)cc1)CC1CC(n2cnc3c(N)ncnc32)C2OC(C)(C)OC12. The molecule has 2 aliphatic rings. The Bertz CT molecular complexity index is 1330. The molecular formula is C29H42N8O3. The number of rotatable bonds is 8. The van der Waals surface area contributed by atoms with Gasteiger partial charge in [-0.05, 0) is 63.4 Å². The van der Waals surface area contributed by atoms with Crippen LogP contribution in [-0.4, -0.2) is 75.1 Å². The average Bonchev–Trinajstić information content (AvgIpc) is 3.54. The molecule has 3 aromatic rings. The molecule has 1 aliphatic carbocycles. The van der Waals surface area contributed by atoms with E-state index >= 15 is 0 Å². The van der Waals surface area contributed by atoms with Gasteiger partial charge in [0.05, 0.1) is 18.5 Å². The number of hydrogen-bond acceptors (Lipinski definition) is 8. The van der Waals surface area contributed by atoms with Crippen molar-refractivity contribution in [3.8, 4) is 0 Å². The maximum atomic E-state index is 12.4. The molecule has 11 nitrogen and oxygen atoms in total. The van der Waals surface area contributed by atoms with Gasteiger partial charge in [0.25, 0.3) is 0 Å². The fraction of sp³-hybridized carbons (Fsp3) is 0.586. The number of nitrogens with zero attached hydrogens (tertiary/aromatic N) is 5. The molecule has 2 amide bonds. The van der Waals surface area contributed by atoms with Gasteiger partial charge in [-0.1, -0.05) is 32.9 Å². The first kappa shape index (κ1) is 28.3.